The topological polar surface area (TPSA) is 51.1 Å². The second kappa shape index (κ2) is 6.07. The molecule has 1 aliphatic rings. The van der Waals surface area contributed by atoms with E-state index >= 15 is 0 Å². The number of terminal acetylenes is 1. The number of ether oxygens (including phenoxy) is 1. The lowest BCUT2D eigenvalue weighted by Crippen LogP contribution is -2.37. The van der Waals surface area contributed by atoms with E-state index in [2.05, 4.69) is 25.8 Å². The largest absolute Gasteiger partial charge is 0.378 e. The molecule has 0 radical (unpaired) electrons. The minimum atomic E-state index is 0.564. The maximum absolute atomic E-state index is 5.40. The van der Waals surface area contributed by atoms with Gasteiger partial charge in [-0.05, 0) is 6.07 Å². The van der Waals surface area contributed by atoms with Crippen molar-refractivity contribution in [3.63, 3.8) is 0 Å². The molecule has 0 spiro atoms. The summed E-state index contributed by atoms with van der Waals surface area (Å²) in [5.74, 6) is 4.11. The lowest BCUT2D eigenvalue weighted by Gasteiger charge is -2.28. The molecular formula is C14H14N4OS. The number of hydrogen-bond acceptors (Lipinski definition) is 6. The summed E-state index contributed by atoms with van der Waals surface area (Å²) in [7, 11) is 0. The predicted molar refractivity (Wildman–Crippen MR) is 79.9 cm³/mol. The number of rotatable bonds is 3. The highest BCUT2D eigenvalue weighted by Crippen LogP contribution is 2.26. The monoisotopic (exact) mass is 286 g/mol. The van der Waals surface area contributed by atoms with Crippen molar-refractivity contribution in [2.45, 2.75) is 5.16 Å². The molecule has 1 saturated heterocycles. The van der Waals surface area contributed by atoms with E-state index < -0.39 is 0 Å². The number of pyridine rings is 1. The molecule has 102 valence electrons. The van der Waals surface area contributed by atoms with Crippen LogP contribution in [0.3, 0.4) is 0 Å². The van der Waals surface area contributed by atoms with Crippen LogP contribution in [-0.4, -0.2) is 47.0 Å². The fourth-order valence-corrected chi connectivity index (χ4v) is 2.66. The summed E-state index contributed by atoms with van der Waals surface area (Å²) in [5.41, 5.74) is 0.850. The van der Waals surface area contributed by atoms with Crippen LogP contribution < -0.4 is 4.90 Å². The Bertz CT molecular complexity index is 649. The van der Waals surface area contributed by atoms with Crippen molar-refractivity contribution in [1.82, 2.24) is 15.0 Å². The Labute approximate surface area is 121 Å². The van der Waals surface area contributed by atoms with Crippen LogP contribution in [0.4, 0.5) is 5.82 Å². The molecule has 0 N–H and O–H groups in total. The fourth-order valence-electron chi connectivity index (χ4n) is 2.13. The molecule has 2 aromatic rings. The molecule has 3 rings (SSSR count). The van der Waals surface area contributed by atoms with E-state index in [0.717, 1.165) is 43.0 Å². The normalized spacial score (nSPS) is 15.2. The van der Waals surface area contributed by atoms with Crippen molar-refractivity contribution in [3.8, 4) is 12.3 Å². The number of morpholine rings is 1. The van der Waals surface area contributed by atoms with Crippen LogP contribution in [-0.2, 0) is 4.74 Å². The third-order valence-electron chi connectivity index (χ3n) is 3.05. The van der Waals surface area contributed by atoms with Crippen LogP contribution in [0, 0.1) is 12.3 Å². The molecule has 3 heterocycles. The van der Waals surface area contributed by atoms with Gasteiger partial charge in [0.15, 0.2) is 5.16 Å². The third kappa shape index (κ3) is 2.69. The molecule has 0 saturated carbocycles. The Morgan fingerprint density at radius 1 is 1.35 bits per heavy atom. The summed E-state index contributed by atoms with van der Waals surface area (Å²) in [6.45, 7) is 3.13. The molecule has 0 bridgehead atoms. The van der Waals surface area contributed by atoms with Gasteiger partial charge in [-0.25, -0.2) is 9.97 Å². The van der Waals surface area contributed by atoms with Crippen molar-refractivity contribution < 1.29 is 4.74 Å². The number of nitrogens with zero attached hydrogens (tertiary/aromatic N) is 4. The first kappa shape index (κ1) is 13.2. The lowest BCUT2D eigenvalue weighted by atomic mass is 10.2. The molecule has 0 aromatic carbocycles. The van der Waals surface area contributed by atoms with Gasteiger partial charge in [0.1, 0.15) is 5.82 Å². The molecule has 0 atom stereocenters. The second-order valence-corrected chi connectivity index (χ2v) is 5.26. The van der Waals surface area contributed by atoms with Crippen molar-refractivity contribution in [1.29, 1.82) is 0 Å². The zero-order chi connectivity index (χ0) is 13.8. The van der Waals surface area contributed by atoms with Crippen LogP contribution in [0.15, 0.2) is 23.6 Å². The molecule has 0 amide bonds. The SMILES string of the molecule is C#CCSc1nc(N2CCOCC2)c2ccncc2n1. The quantitative estimate of drug-likeness (QED) is 0.485. The number of anilines is 1. The molecule has 5 nitrogen and oxygen atoms in total. The standard InChI is InChI=1S/C14H14N4OS/c1-2-9-20-14-16-12-10-15-4-3-11(12)13(17-14)18-5-7-19-8-6-18/h1,3-4,10H,5-9H2. The molecule has 2 aromatic heterocycles. The van der Waals surface area contributed by atoms with Crippen LogP contribution in [0.2, 0.25) is 0 Å². The average molecular weight is 286 g/mol. The van der Waals surface area contributed by atoms with E-state index in [0.29, 0.717) is 10.9 Å². The zero-order valence-corrected chi connectivity index (χ0v) is 11.8. The minimum absolute atomic E-state index is 0.564. The highest BCUT2D eigenvalue weighted by atomic mass is 32.2. The van der Waals surface area contributed by atoms with Gasteiger partial charge in [0, 0.05) is 24.7 Å². The first-order valence-corrected chi connectivity index (χ1v) is 7.38. The molecule has 0 unspecified atom stereocenters. The number of fused-ring (bicyclic) bond motifs is 1. The van der Waals surface area contributed by atoms with E-state index in [1.807, 2.05) is 6.07 Å². The second-order valence-electron chi connectivity index (χ2n) is 4.31. The fraction of sp³-hybridized carbons (Fsp3) is 0.357. The third-order valence-corrected chi connectivity index (χ3v) is 3.81. The van der Waals surface area contributed by atoms with E-state index in [9.17, 15) is 0 Å². The molecule has 20 heavy (non-hydrogen) atoms. The lowest BCUT2D eigenvalue weighted by molar-refractivity contribution is 0.122. The summed E-state index contributed by atoms with van der Waals surface area (Å²) in [4.78, 5) is 15.5. The van der Waals surface area contributed by atoms with Gasteiger partial charge in [-0.1, -0.05) is 17.7 Å². The first-order valence-electron chi connectivity index (χ1n) is 6.39. The van der Waals surface area contributed by atoms with Gasteiger partial charge in [-0.15, -0.1) is 6.42 Å². The van der Waals surface area contributed by atoms with Crippen LogP contribution in [0.25, 0.3) is 10.9 Å². The average Bonchev–Trinajstić information content (AvgIpc) is 2.53. The Balaban J connectivity index is 2.04. The highest BCUT2D eigenvalue weighted by Gasteiger charge is 2.17. The smallest absolute Gasteiger partial charge is 0.191 e. The molecular weight excluding hydrogens is 272 g/mol. The molecule has 1 aliphatic heterocycles. The van der Waals surface area contributed by atoms with Crippen LogP contribution >= 0.6 is 11.8 Å². The van der Waals surface area contributed by atoms with Crippen molar-refractivity contribution in [2.75, 3.05) is 37.0 Å². The van der Waals surface area contributed by atoms with E-state index in [1.165, 1.54) is 11.8 Å². The molecule has 1 fully saturated rings. The van der Waals surface area contributed by atoms with Gasteiger partial charge < -0.3 is 9.64 Å². The van der Waals surface area contributed by atoms with Gasteiger partial charge in [0.05, 0.1) is 30.7 Å². The van der Waals surface area contributed by atoms with Crippen LogP contribution in [0.1, 0.15) is 0 Å². The minimum Gasteiger partial charge on any atom is -0.378 e. The van der Waals surface area contributed by atoms with E-state index in [-0.39, 0.29) is 0 Å². The first-order chi connectivity index (χ1) is 9.88. The predicted octanol–water partition coefficient (Wildman–Crippen LogP) is 1.59. The van der Waals surface area contributed by atoms with Gasteiger partial charge >= 0.3 is 0 Å². The summed E-state index contributed by atoms with van der Waals surface area (Å²) < 4.78 is 5.40. The van der Waals surface area contributed by atoms with Gasteiger partial charge in [-0.3, -0.25) is 4.98 Å². The van der Waals surface area contributed by atoms with E-state index in [4.69, 9.17) is 11.2 Å². The number of hydrogen-bond donors (Lipinski definition) is 0. The van der Waals surface area contributed by atoms with Crippen molar-refractivity contribution in [2.24, 2.45) is 0 Å². The number of thioether (sulfide) groups is 1. The van der Waals surface area contributed by atoms with Gasteiger partial charge in [0.2, 0.25) is 0 Å². The van der Waals surface area contributed by atoms with E-state index in [1.54, 1.807) is 12.4 Å². The van der Waals surface area contributed by atoms with Gasteiger partial charge in [-0.2, -0.15) is 0 Å². The summed E-state index contributed by atoms with van der Waals surface area (Å²) in [6.07, 6.45) is 8.84. The Morgan fingerprint density at radius 2 is 2.20 bits per heavy atom. The summed E-state index contributed by atoms with van der Waals surface area (Å²) in [5, 5.41) is 1.72. The van der Waals surface area contributed by atoms with Gasteiger partial charge in [0.25, 0.3) is 0 Å². The molecule has 6 heteroatoms. The summed E-state index contributed by atoms with van der Waals surface area (Å²) in [6, 6.07) is 1.95. The maximum atomic E-state index is 5.40. The highest BCUT2D eigenvalue weighted by molar-refractivity contribution is 7.99. The Morgan fingerprint density at radius 3 is 3.00 bits per heavy atom. The zero-order valence-electron chi connectivity index (χ0n) is 11.0. The Hall–Kier alpha value is -1.84. The summed E-state index contributed by atoms with van der Waals surface area (Å²) >= 11 is 1.47. The Kier molecular flexibility index (Phi) is 4.00. The maximum Gasteiger partial charge on any atom is 0.191 e. The van der Waals surface area contributed by atoms with Crippen LogP contribution in [0.5, 0.6) is 0 Å². The van der Waals surface area contributed by atoms with Crippen molar-refractivity contribution >= 4 is 28.5 Å². The molecule has 0 aliphatic carbocycles. The van der Waals surface area contributed by atoms with Crippen molar-refractivity contribution in [3.05, 3.63) is 18.5 Å². The number of aromatic nitrogens is 3.